The van der Waals surface area contributed by atoms with Gasteiger partial charge in [0.2, 0.25) is 0 Å². The van der Waals surface area contributed by atoms with Crippen LogP contribution in [0.5, 0.6) is 0 Å². The molecule has 0 atom stereocenters. The Hall–Kier alpha value is -1.84. The second-order valence-corrected chi connectivity index (χ2v) is 5.20. The topological polar surface area (TPSA) is 30.7 Å². The second kappa shape index (κ2) is 5.65. The molecule has 0 saturated heterocycles. The molecule has 100 valence electrons. The molecule has 2 aromatic heterocycles. The van der Waals surface area contributed by atoms with E-state index < -0.39 is 0 Å². The summed E-state index contributed by atoms with van der Waals surface area (Å²) in [6, 6.07) is 9.33. The van der Waals surface area contributed by atoms with Gasteiger partial charge in [0.1, 0.15) is 5.82 Å². The van der Waals surface area contributed by atoms with Gasteiger partial charge in [0.25, 0.3) is 0 Å². The third-order valence-corrected chi connectivity index (χ3v) is 3.59. The van der Waals surface area contributed by atoms with Gasteiger partial charge in [-0.15, -0.1) is 0 Å². The quantitative estimate of drug-likeness (QED) is 0.722. The Morgan fingerprint density at radius 3 is 2.80 bits per heavy atom. The fourth-order valence-electron chi connectivity index (χ4n) is 2.04. The van der Waals surface area contributed by atoms with Gasteiger partial charge in [-0.1, -0.05) is 23.2 Å². The van der Waals surface area contributed by atoms with Crippen molar-refractivity contribution in [3.8, 4) is 11.4 Å². The fourth-order valence-corrected chi connectivity index (χ4v) is 2.41. The summed E-state index contributed by atoms with van der Waals surface area (Å²) in [5.41, 5.74) is 1.93. The average Bonchev–Trinajstić information content (AvgIpc) is 2.92. The van der Waals surface area contributed by atoms with Crippen LogP contribution in [0.2, 0.25) is 10.0 Å². The Kier molecular flexibility index (Phi) is 3.72. The van der Waals surface area contributed by atoms with E-state index in [-0.39, 0.29) is 0 Å². The van der Waals surface area contributed by atoms with Crippen LogP contribution >= 0.6 is 23.2 Å². The van der Waals surface area contributed by atoms with E-state index in [1.807, 2.05) is 29.0 Å². The highest BCUT2D eigenvalue weighted by atomic mass is 35.5. The van der Waals surface area contributed by atoms with Crippen molar-refractivity contribution in [3.05, 3.63) is 70.7 Å². The molecule has 20 heavy (non-hydrogen) atoms. The van der Waals surface area contributed by atoms with Crippen LogP contribution in [-0.4, -0.2) is 14.5 Å². The third kappa shape index (κ3) is 2.69. The number of pyridine rings is 1. The lowest BCUT2D eigenvalue weighted by molar-refractivity contribution is 0.807. The average molecular weight is 304 g/mol. The summed E-state index contributed by atoms with van der Waals surface area (Å²) in [5.74, 6) is 0.856. The minimum Gasteiger partial charge on any atom is -0.326 e. The van der Waals surface area contributed by atoms with Crippen molar-refractivity contribution in [1.82, 2.24) is 14.5 Å². The predicted octanol–water partition coefficient (Wildman–Crippen LogP) is 4.30. The van der Waals surface area contributed by atoms with Gasteiger partial charge in [-0.3, -0.25) is 4.98 Å². The number of rotatable bonds is 3. The molecule has 0 spiro atoms. The lowest BCUT2D eigenvalue weighted by Crippen LogP contribution is -2.02. The lowest BCUT2D eigenvalue weighted by Gasteiger charge is -2.09. The molecule has 0 aliphatic rings. The molecular formula is C15H11Cl2N3. The van der Waals surface area contributed by atoms with E-state index in [9.17, 15) is 0 Å². The van der Waals surface area contributed by atoms with E-state index >= 15 is 0 Å². The number of hydrogen-bond donors (Lipinski definition) is 0. The minimum atomic E-state index is 0.615. The summed E-state index contributed by atoms with van der Waals surface area (Å²) in [7, 11) is 0. The highest BCUT2D eigenvalue weighted by Crippen LogP contribution is 2.24. The number of halogens is 2. The molecule has 0 radical (unpaired) electrons. The molecule has 0 aliphatic carbocycles. The molecule has 3 rings (SSSR count). The number of aromatic nitrogens is 3. The van der Waals surface area contributed by atoms with Gasteiger partial charge in [0, 0.05) is 40.4 Å². The van der Waals surface area contributed by atoms with Crippen molar-refractivity contribution in [3.63, 3.8) is 0 Å². The number of hydrogen-bond acceptors (Lipinski definition) is 2. The Balaban J connectivity index is 1.97. The van der Waals surface area contributed by atoms with Gasteiger partial charge in [-0.25, -0.2) is 4.98 Å². The van der Waals surface area contributed by atoms with Crippen LogP contribution in [0.4, 0.5) is 0 Å². The highest BCUT2D eigenvalue weighted by molar-refractivity contribution is 6.33. The first-order chi connectivity index (χ1) is 9.74. The first kappa shape index (κ1) is 13.2. The standard InChI is InChI=1S/C15H11Cl2N3/c16-13-3-4-14(17)12(8-13)10-20-7-6-19-15(20)11-2-1-5-18-9-11/h1-9H,10H2. The normalized spacial score (nSPS) is 10.7. The molecule has 0 saturated carbocycles. The predicted molar refractivity (Wildman–Crippen MR) is 81.0 cm³/mol. The van der Waals surface area contributed by atoms with Crippen molar-refractivity contribution >= 4 is 23.2 Å². The first-order valence-electron chi connectivity index (χ1n) is 6.09. The SMILES string of the molecule is Clc1ccc(Cl)c(Cn2ccnc2-c2cccnc2)c1. The summed E-state index contributed by atoms with van der Waals surface area (Å²) in [4.78, 5) is 8.50. The van der Waals surface area contributed by atoms with Gasteiger partial charge in [-0.2, -0.15) is 0 Å². The van der Waals surface area contributed by atoms with Crippen molar-refractivity contribution in [2.75, 3.05) is 0 Å². The Morgan fingerprint density at radius 2 is 2.00 bits per heavy atom. The van der Waals surface area contributed by atoms with E-state index in [2.05, 4.69) is 9.97 Å². The largest absolute Gasteiger partial charge is 0.326 e. The summed E-state index contributed by atoms with van der Waals surface area (Å²) in [6.45, 7) is 0.615. The maximum atomic E-state index is 6.21. The fraction of sp³-hybridized carbons (Fsp3) is 0.0667. The zero-order valence-corrected chi connectivity index (χ0v) is 12.0. The van der Waals surface area contributed by atoms with Crippen LogP contribution in [0, 0.1) is 0 Å². The molecule has 5 heteroatoms. The molecule has 3 nitrogen and oxygen atoms in total. The summed E-state index contributed by atoms with van der Waals surface area (Å²) in [6.07, 6.45) is 7.21. The molecule has 0 bridgehead atoms. The molecule has 2 heterocycles. The van der Waals surface area contributed by atoms with Crippen LogP contribution in [-0.2, 0) is 6.54 Å². The maximum Gasteiger partial charge on any atom is 0.141 e. The van der Waals surface area contributed by atoms with Crippen LogP contribution in [0.1, 0.15) is 5.56 Å². The van der Waals surface area contributed by atoms with Crippen molar-refractivity contribution in [2.24, 2.45) is 0 Å². The molecular weight excluding hydrogens is 293 g/mol. The molecule has 1 aromatic carbocycles. The Labute approximate surface area is 126 Å². The molecule has 0 amide bonds. The van der Waals surface area contributed by atoms with E-state index in [4.69, 9.17) is 23.2 Å². The molecule has 0 N–H and O–H groups in total. The van der Waals surface area contributed by atoms with E-state index in [1.54, 1.807) is 30.7 Å². The van der Waals surface area contributed by atoms with Gasteiger partial charge < -0.3 is 4.57 Å². The van der Waals surface area contributed by atoms with Gasteiger partial charge >= 0.3 is 0 Å². The lowest BCUT2D eigenvalue weighted by atomic mass is 10.2. The zero-order chi connectivity index (χ0) is 13.9. The number of imidazole rings is 1. The summed E-state index contributed by atoms with van der Waals surface area (Å²) < 4.78 is 2.02. The van der Waals surface area contributed by atoms with Gasteiger partial charge in [-0.05, 0) is 35.9 Å². The van der Waals surface area contributed by atoms with E-state index in [0.29, 0.717) is 16.6 Å². The third-order valence-electron chi connectivity index (χ3n) is 2.98. The Morgan fingerprint density at radius 1 is 1.10 bits per heavy atom. The molecule has 0 aliphatic heterocycles. The van der Waals surface area contributed by atoms with Gasteiger partial charge in [0.15, 0.2) is 0 Å². The van der Waals surface area contributed by atoms with Gasteiger partial charge in [0.05, 0.1) is 6.54 Å². The zero-order valence-electron chi connectivity index (χ0n) is 10.5. The number of nitrogens with zero attached hydrogens (tertiary/aromatic N) is 3. The monoisotopic (exact) mass is 303 g/mol. The first-order valence-corrected chi connectivity index (χ1v) is 6.85. The summed E-state index contributed by atoms with van der Waals surface area (Å²) in [5, 5.41) is 1.37. The smallest absolute Gasteiger partial charge is 0.141 e. The molecule has 0 fully saturated rings. The van der Waals surface area contributed by atoms with Crippen LogP contribution in [0.25, 0.3) is 11.4 Å². The van der Waals surface area contributed by atoms with Crippen LogP contribution in [0.3, 0.4) is 0 Å². The van der Waals surface area contributed by atoms with Crippen molar-refractivity contribution in [2.45, 2.75) is 6.54 Å². The highest BCUT2D eigenvalue weighted by Gasteiger charge is 2.08. The van der Waals surface area contributed by atoms with E-state index in [1.165, 1.54) is 0 Å². The van der Waals surface area contributed by atoms with Crippen LogP contribution < -0.4 is 0 Å². The second-order valence-electron chi connectivity index (χ2n) is 4.36. The number of benzene rings is 1. The molecule has 0 unspecified atom stereocenters. The minimum absolute atomic E-state index is 0.615. The van der Waals surface area contributed by atoms with Crippen molar-refractivity contribution < 1.29 is 0 Å². The van der Waals surface area contributed by atoms with Crippen molar-refractivity contribution in [1.29, 1.82) is 0 Å². The Bertz CT molecular complexity index is 723. The van der Waals surface area contributed by atoms with E-state index in [0.717, 1.165) is 17.0 Å². The molecule has 3 aromatic rings. The maximum absolute atomic E-state index is 6.21. The summed E-state index contributed by atoms with van der Waals surface area (Å²) >= 11 is 12.2. The van der Waals surface area contributed by atoms with Crippen LogP contribution in [0.15, 0.2) is 55.1 Å².